The average molecular weight is 226 g/mol. The van der Waals surface area contributed by atoms with E-state index in [0.29, 0.717) is 5.92 Å². The molecule has 1 aliphatic heterocycles. The largest absolute Gasteiger partial charge is 0.393 e. The highest BCUT2D eigenvalue weighted by atomic mass is 16.5. The first-order chi connectivity index (χ1) is 7.79. The zero-order valence-electron chi connectivity index (χ0n) is 10.5. The normalized spacial score (nSPS) is 40.1. The molecule has 0 aromatic rings. The molecule has 2 nitrogen and oxygen atoms in total. The van der Waals surface area contributed by atoms with Gasteiger partial charge in [-0.2, -0.15) is 0 Å². The molecule has 0 spiro atoms. The molecule has 1 aliphatic carbocycles. The van der Waals surface area contributed by atoms with E-state index in [1.807, 2.05) is 0 Å². The number of ether oxygens (including phenoxy) is 1. The Bertz CT molecular complexity index is 199. The minimum absolute atomic E-state index is 0.0336. The predicted molar refractivity (Wildman–Crippen MR) is 65.3 cm³/mol. The van der Waals surface area contributed by atoms with Gasteiger partial charge in [-0.3, -0.25) is 0 Å². The number of aliphatic hydroxyl groups is 1. The van der Waals surface area contributed by atoms with E-state index in [0.717, 1.165) is 31.5 Å². The first-order valence-electron chi connectivity index (χ1n) is 7.05. The van der Waals surface area contributed by atoms with Crippen LogP contribution in [0.5, 0.6) is 0 Å². The molecule has 16 heavy (non-hydrogen) atoms. The Balaban J connectivity index is 1.80. The maximum atomic E-state index is 10.1. The highest BCUT2D eigenvalue weighted by Gasteiger charge is 2.31. The Morgan fingerprint density at radius 1 is 1.19 bits per heavy atom. The van der Waals surface area contributed by atoms with Gasteiger partial charge in [0.1, 0.15) is 0 Å². The first kappa shape index (κ1) is 12.4. The van der Waals surface area contributed by atoms with Gasteiger partial charge in [0, 0.05) is 13.2 Å². The fourth-order valence-corrected chi connectivity index (χ4v) is 3.47. The monoisotopic (exact) mass is 226 g/mol. The Labute approximate surface area is 99.4 Å². The smallest absolute Gasteiger partial charge is 0.0568 e. The first-order valence-corrected chi connectivity index (χ1v) is 7.05. The Morgan fingerprint density at radius 3 is 2.75 bits per heavy atom. The second-order valence-electron chi connectivity index (χ2n) is 5.76. The van der Waals surface area contributed by atoms with Crippen LogP contribution in [0.15, 0.2) is 0 Å². The van der Waals surface area contributed by atoms with Gasteiger partial charge in [-0.1, -0.05) is 19.8 Å². The summed E-state index contributed by atoms with van der Waals surface area (Å²) in [7, 11) is 0. The third kappa shape index (κ3) is 3.21. The summed E-state index contributed by atoms with van der Waals surface area (Å²) in [6.07, 6.45) is 8.54. The van der Waals surface area contributed by atoms with Gasteiger partial charge in [0.25, 0.3) is 0 Å². The summed E-state index contributed by atoms with van der Waals surface area (Å²) in [6.45, 7) is 4.14. The minimum Gasteiger partial charge on any atom is -0.393 e. The lowest BCUT2D eigenvalue weighted by Gasteiger charge is -2.34. The van der Waals surface area contributed by atoms with Crippen molar-refractivity contribution in [3.63, 3.8) is 0 Å². The standard InChI is InChI=1S/C14H26O2/c1-2-3-11-4-5-14(15)13(8-11)9-12-6-7-16-10-12/h11-15H,2-10H2,1H3. The highest BCUT2D eigenvalue weighted by Crippen LogP contribution is 2.36. The van der Waals surface area contributed by atoms with Crippen LogP contribution in [0.25, 0.3) is 0 Å². The maximum Gasteiger partial charge on any atom is 0.0568 e. The quantitative estimate of drug-likeness (QED) is 0.798. The summed E-state index contributed by atoms with van der Waals surface area (Å²) in [6, 6.07) is 0. The van der Waals surface area contributed by atoms with Crippen LogP contribution in [0, 0.1) is 17.8 Å². The second kappa shape index (κ2) is 6.02. The third-order valence-electron chi connectivity index (χ3n) is 4.41. The fraction of sp³-hybridized carbons (Fsp3) is 1.00. The third-order valence-corrected chi connectivity index (χ3v) is 4.41. The summed E-state index contributed by atoms with van der Waals surface area (Å²) in [4.78, 5) is 0. The molecule has 2 rings (SSSR count). The van der Waals surface area contributed by atoms with Crippen LogP contribution in [0.3, 0.4) is 0 Å². The van der Waals surface area contributed by atoms with E-state index in [4.69, 9.17) is 4.74 Å². The summed E-state index contributed by atoms with van der Waals surface area (Å²) in [5, 5.41) is 10.1. The molecular weight excluding hydrogens is 200 g/mol. The van der Waals surface area contributed by atoms with E-state index in [1.165, 1.54) is 38.5 Å². The topological polar surface area (TPSA) is 29.5 Å². The summed E-state index contributed by atoms with van der Waals surface area (Å²) in [5.74, 6) is 2.15. The molecule has 0 amide bonds. The number of rotatable bonds is 4. The van der Waals surface area contributed by atoms with Crippen LogP contribution < -0.4 is 0 Å². The van der Waals surface area contributed by atoms with E-state index in [1.54, 1.807) is 0 Å². The van der Waals surface area contributed by atoms with Crippen LogP contribution >= 0.6 is 0 Å². The van der Waals surface area contributed by atoms with Crippen LogP contribution in [0.2, 0.25) is 0 Å². The molecule has 1 N–H and O–H groups in total. The zero-order valence-corrected chi connectivity index (χ0v) is 10.5. The Morgan fingerprint density at radius 2 is 2.06 bits per heavy atom. The molecule has 2 aliphatic rings. The van der Waals surface area contributed by atoms with Crippen molar-refractivity contribution in [1.82, 2.24) is 0 Å². The lowest BCUT2D eigenvalue weighted by Crippen LogP contribution is -2.30. The minimum atomic E-state index is -0.0336. The van der Waals surface area contributed by atoms with E-state index in [2.05, 4.69) is 6.92 Å². The molecule has 4 unspecified atom stereocenters. The van der Waals surface area contributed by atoms with Gasteiger partial charge in [-0.05, 0) is 49.9 Å². The molecule has 0 radical (unpaired) electrons. The van der Waals surface area contributed by atoms with Crippen molar-refractivity contribution in [1.29, 1.82) is 0 Å². The van der Waals surface area contributed by atoms with Gasteiger partial charge in [-0.15, -0.1) is 0 Å². The van der Waals surface area contributed by atoms with E-state index < -0.39 is 0 Å². The Kier molecular flexibility index (Phi) is 4.66. The predicted octanol–water partition coefficient (Wildman–Crippen LogP) is 2.99. The maximum absolute atomic E-state index is 10.1. The van der Waals surface area contributed by atoms with Gasteiger partial charge in [0.2, 0.25) is 0 Å². The molecule has 0 aromatic heterocycles. The SMILES string of the molecule is CCCC1CCC(O)C(CC2CCOC2)C1. The molecule has 1 saturated heterocycles. The molecule has 1 saturated carbocycles. The summed E-state index contributed by atoms with van der Waals surface area (Å²) in [5.41, 5.74) is 0. The molecule has 0 aromatic carbocycles. The summed E-state index contributed by atoms with van der Waals surface area (Å²) < 4.78 is 5.43. The average Bonchev–Trinajstić information content (AvgIpc) is 2.76. The van der Waals surface area contributed by atoms with E-state index in [9.17, 15) is 5.11 Å². The van der Waals surface area contributed by atoms with Crippen molar-refractivity contribution >= 4 is 0 Å². The van der Waals surface area contributed by atoms with Crippen molar-refractivity contribution in [3.05, 3.63) is 0 Å². The highest BCUT2D eigenvalue weighted by molar-refractivity contribution is 4.82. The van der Waals surface area contributed by atoms with E-state index >= 15 is 0 Å². The van der Waals surface area contributed by atoms with Crippen molar-refractivity contribution in [2.75, 3.05) is 13.2 Å². The van der Waals surface area contributed by atoms with Crippen LogP contribution in [0.1, 0.15) is 51.9 Å². The molecule has 0 bridgehead atoms. The van der Waals surface area contributed by atoms with Crippen molar-refractivity contribution in [2.24, 2.45) is 17.8 Å². The van der Waals surface area contributed by atoms with Crippen LogP contribution in [0.4, 0.5) is 0 Å². The summed E-state index contributed by atoms with van der Waals surface area (Å²) >= 11 is 0. The second-order valence-corrected chi connectivity index (χ2v) is 5.76. The van der Waals surface area contributed by atoms with Crippen LogP contribution in [-0.2, 0) is 4.74 Å². The van der Waals surface area contributed by atoms with E-state index in [-0.39, 0.29) is 6.10 Å². The van der Waals surface area contributed by atoms with Gasteiger partial charge in [-0.25, -0.2) is 0 Å². The molecule has 94 valence electrons. The molecular formula is C14H26O2. The number of hydrogen-bond donors (Lipinski definition) is 1. The zero-order chi connectivity index (χ0) is 11.4. The molecule has 2 heteroatoms. The lowest BCUT2D eigenvalue weighted by molar-refractivity contribution is 0.0322. The lowest BCUT2D eigenvalue weighted by atomic mass is 9.74. The van der Waals surface area contributed by atoms with Gasteiger partial charge >= 0.3 is 0 Å². The Hall–Kier alpha value is -0.0800. The van der Waals surface area contributed by atoms with Crippen LogP contribution in [-0.4, -0.2) is 24.4 Å². The number of aliphatic hydroxyl groups excluding tert-OH is 1. The molecule has 1 heterocycles. The molecule has 2 fully saturated rings. The van der Waals surface area contributed by atoms with Crippen molar-refractivity contribution in [3.8, 4) is 0 Å². The molecule has 4 atom stereocenters. The number of hydrogen-bond acceptors (Lipinski definition) is 2. The van der Waals surface area contributed by atoms with Crippen molar-refractivity contribution in [2.45, 2.75) is 58.0 Å². The van der Waals surface area contributed by atoms with Gasteiger partial charge in [0.15, 0.2) is 0 Å². The van der Waals surface area contributed by atoms with Crippen molar-refractivity contribution < 1.29 is 9.84 Å². The fourth-order valence-electron chi connectivity index (χ4n) is 3.47. The van der Waals surface area contributed by atoms with Gasteiger partial charge in [0.05, 0.1) is 6.10 Å². The van der Waals surface area contributed by atoms with Gasteiger partial charge < -0.3 is 9.84 Å².